The molecule has 8 heteroatoms. The summed E-state index contributed by atoms with van der Waals surface area (Å²) in [7, 11) is 0. The lowest BCUT2D eigenvalue weighted by Gasteiger charge is -2.29. The van der Waals surface area contributed by atoms with Crippen molar-refractivity contribution in [2.45, 2.75) is 37.6 Å². The van der Waals surface area contributed by atoms with E-state index in [2.05, 4.69) is 5.32 Å². The van der Waals surface area contributed by atoms with Gasteiger partial charge in [-0.05, 0) is 18.9 Å². The van der Waals surface area contributed by atoms with Crippen LogP contribution < -0.4 is 5.32 Å². The zero-order valence-corrected chi connectivity index (χ0v) is 12.6. The fourth-order valence-electron chi connectivity index (χ4n) is 2.76. The maximum absolute atomic E-state index is 11.1. The van der Waals surface area contributed by atoms with Gasteiger partial charge in [0.15, 0.2) is 0 Å². The van der Waals surface area contributed by atoms with Gasteiger partial charge in [-0.2, -0.15) is 0 Å². The van der Waals surface area contributed by atoms with Gasteiger partial charge in [-0.1, -0.05) is 36.0 Å². The highest BCUT2D eigenvalue weighted by Gasteiger charge is 2.37. The van der Waals surface area contributed by atoms with Crippen molar-refractivity contribution in [3.63, 3.8) is 0 Å². The Morgan fingerprint density at radius 3 is 2.43 bits per heavy atom. The van der Waals surface area contributed by atoms with Gasteiger partial charge in [0.1, 0.15) is 5.69 Å². The molecule has 1 aromatic rings. The molecular weight excluding hydrogens is 319 g/mol. The molecule has 1 aliphatic rings. The number of nitro benzene ring substituents is 1. The first-order valence-corrected chi connectivity index (χ1v) is 7.22. The van der Waals surface area contributed by atoms with Crippen LogP contribution in [-0.4, -0.2) is 21.5 Å². The van der Waals surface area contributed by atoms with E-state index in [4.69, 9.17) is 28.3 Å². The molecule has 0 heterocycles. The van der Waals surface area contributed by atoms with Gasteiger partial charge in [-0.15, -0.1) is 0 Å². The number of nitrogens with one attached hydrogen (secondary N) is 1. The predicted molar refractivity (Wildman–Crippen MR) is 80.2 cm³/mol. The summed E-state index contributed by atoms with van der Waals surface area (Å²) in [5.41, 5.74) is -0.674. The Balaban J connectivity index is 2.38. The van der Waals surface area contributed by atoms with E-state index in [1.165, 1.54) is 12.1 Å². The number of hydrogen-bond acceptors (Lipinski definition) is 4. The second kappa shape index (κ2) is 6.07. The van der Waals surface area contributed by atoms with Crippen LogP contribution in [-0.2, 0) is 4.79 Å². The van der Waals surface area contributed by atoms with Crippen molar-refractivity contribution >= 4 is 40.5 Å². The number of halogens is 2. The summed E-state index contributed by atoms with van der Waals surface area (Å²) in [6, 6.07) is 2.56. The van der Waals surface area contributed by atoms with Crippen molar-refractivity contribution in [2.24, 2.45) is 0 Å². The van der Waals surface area contributed by atoms with Crippen molar-refractivity contribution in [3.8, 4) is 0 Å². The summed E-state index contributed by atoms with van der Waals surface area (Å²) in [5, 5.41) is 23.5. The van der Waals surface area contributed by atoms with Gasteiger partial charge in [-0.3, -0.25) is 14.9 Å². The Morgan fingerprint density at radius 2 is 1.90 bits per heavy atom. The molecule has 1 aromatic carbocycles. The lowest BCUT2D eigenvalue weighted by Crippen LogP contribution is -2.37. The molecule has 0 aliphatic heterocycles. The topological polar surface area (TPSA) is 92.5 Å². The average molecular weight is 333 g/mol. The first-order valence-electron chi connectivity index (χ1n) is 6.46. The number of carbonyl (C=O) groups is 1. The highest BCUT2D eigenvalue weighted by molar-refractivity contribution is 6.42. The number of benzene rings is 1. The van der Waals surface area contributed by atoms with Gasteiger partial charge in [0.2, 0.25) is 0 Å². The quantitative estimate of drug-likeness (QED) is 0.625. The molecule has 0 unspecified atom stereocenters. The van der Waals surface area contributed by atoms with Gasteiger partial charge in [0, 0.05) is 11.6 Å². The van der Waals surface area contributed by atoms with Crippen molar-refractivity contribution in [1.29, 1.82) is 0 Å². The average Bonchev–Trinajstić information content (AvgIpc) is 2.80. The Bertz CT molecular complexity index is 586. The van der Waals surface area contributed by atoms with E-state index in [-0.39, 0.29) is 27.8 Å². The minimum absolute atomic E-state index is 0.0904. The lowest BCUT2D eigenvalue weighted by atomic mass is 9.92. The normalized spacial score (nSPS) is 16.7. The molecule has 21 heavy (non-hydrogen) atoms. The van der Waals surface area contributed by atoms with E-state index < -0.39 is 16.4 Å². The van der Waals surface area contributed by atoms with Crippen molar-refractivity contribution in [1.82, 2.24) is 0 Å². The number of carboxylic acids is 1. The fourth-order valence-corrected chi connectivity index (χ4v) is 3.08. The Labute approximate surface area is 131 Å². The second-order valence-electron chi connectivity index (χ2n) is 5.22. The lowest BCUT2D eigenvalue weighted by molar-refractivity contribution is -0.384. The zero-order chi connectivity index (χ0) is 15.6. The van der Waals surface area contributed by atoms with Crippen LogP contribution in [0.4, 0.5) is 11.4 Å². The van der Waals surface area contributed by atoms with Crippen LogP contribution >= 0.6 is 23.2 Å². The summed E-state index contributed by atoms with van der Waals surface area (Å²) < 4.78 is 0. The Hall–Kier alpha value is -1.53. The van der Waals surface area contributed by atoms with Gasteiger partial charge in [-0.25, -0.2) is 0 Å². The van der Waals surface area contributed by atoms with Crippen LogP contribution in [0.1, 0.15) is 32.1 Å². The molecule has 114 valence electrons. The summed E-state index contributed by atoms with van der Waals surface area (Å²) in [4.78, 5) is 21.6. The second-order valence-corrected chi connectivity index (χ2v) is 6.04. The Kier molecular flexibility index (Phi) is 4.58. The molecule has 2 N–H and O–H groups in total. The summed E-state index contributed by atoms with van der Waals surface area (Å²) in [6.45, 7) is 0. The maximum atomic E-state index is 11.1. The number of aliphatic carboxylic acids is 1. The molecule has 1 saturated carbocycles. The number of anilines is 1. The van der Waals surface area contributed by atoms with Crippen LogP contribution in [0.3, 0.4) is 0 Å². The summed E-state index contributed by atoms with van der Waals surface area (Å²) >= 11 is 11.7. The van der Waals surface area contributed by atoms with Gasteiger partial charge >= 0.3 is 5.97 Å². The number of hydrogen-bond donors (Lipinski definition) is 2. The molecular formula is C13H14Cl2N2O4. The molecule has 0 amide bonds. The van der Waals surface area contributed by atoms with Crippen LogP contribution in [0, 0.1) is 10.1 Å². The molecule has 1 fully saturated rings. The highest BCUT2D eigenvalue weighted by Crippen LogP contribution is 2.40. The molecule has 0 spiro atoms. The van der Waals surface area contributed by atoms with E-state index >= 15 is 0 Å². The third-order valence-electron chi connectivity index (χ3n) is 3.69. The maximum Gasteiger partial charge on any atom is 0.305 e. The number of nitrogens with zero attached hydrogens (tertiary/aromatic N) is 1. The fraction of sp³-hybridized carbons (Fsp3) is 0.462. The highest BCUT2D eigenvalue weighted by atomic mass is 35.5. The largest absolute Gasteiger partial charge is 0.481 e. The number of nitro groups is 1. The minimum atomic E-state index is -0.938. The third kappa shape index (κ3) is 3.57. The van der Waals surface area contributed by atoms with Crippen LogP contribution in [0.5, 0.6) is 0 Å². The van der Waals surface area contributed by atoms with E-state index in [1.54, 1.807) is 0 Å². The smallest absolute Gasteiger partial charge is 0.305 e. The molecule has 6 nitrogen and oxygen atoms in total. The van der Waals surface area contributed by atoms with E-state index in [0.717, 1.165) is 12.8 Å². The van der Waals surface area contributed by atoms with Crippen molar-refractivity contribution in [3.05, 3.63) is 32.3 Å². The first-order chi connectivity index (χ1) is 9.83. The van der Waals surface area contributed by atoms with Crippen LogP contribution in [0.15, 0.2) is 12.1 Å². The predicted octanol–water partition coefficient (Wildman–Crippen LogP) is 4.10. The summed E-state index contributed by atoms with van der Waals surface area (Å²) in [6.07, 6.45) is 2.97. The third-order valence-corrected chi connectivity index (χ3v) is 4.41. The molecule has 1 aliphatic carbocycles. The van der Waals surface area contributed by atoms with E-state index in [1.807, 2.05) is 0 Å². The molecule has 0 radical (unpaired) electrons. The van der Waals surface area contributed by atoms with Crippen molar-refractivity contribution in [2.75, 3.05) is 5.32 Å². The molecule has 0 aromatic heterocycles. The van der Waals surface area contributed by atoms with Gasteiger partial charge in [0.05, 0.1) is 21.4 Å². The number of rotatable bonds is 5. The van der Waals surface area contributed by atoms with Crippen LogP contribution in [0.2, 0.25) is 10.0 Å². The van der Waals surface area contributed by atoms with Gasteiger partial charge in [0.25, 0.3) is 5.69 Å². The Morgan fingerprint density at radius 1 is 1.33 bits per heavy atom. The summed E-state index contributed by atoms with van der Waals surface area (Å²) in [5.74, 6) is -0.938. The molecule has 2 rings (SSSR count). The van der Waals surface area contributed by atoms with Gasteiger partial charge < -0.3 is 10.4 Å². The zero-order valence-electron chi connectivity index (χ0n) is 11.1. The molecule has 0 bridgehead atoms. The molecule has 0 atom stereocenters. The first kappa shape index (κ1) is 15.9. The van der Waals surface area contributed by atoms with E-state index in [9.17, 15) is 14.9 Å². The minimum Gasteiger partial charge on any atom is -0.481 e. The molecule has 0 saturated heterocycles. The number of carboxylic acid groups (broad SMARTS) is 1. The monoisotopic (exact) mass is 332 g/mol. The van der Waals surface area contributed by atoms with Crippen LogP contribution in [0.25, 0.3) is 0 Å². The van der Waals surface area contributed by atoms with E-state index in [0.29, 0.717) is 12.8 Å². The SMILES string of the molecule is O=C(O)CC1(Nc2cc(Cl)c(Cl)cc2[N+](=O)[O-])CCCC1. The van der Waals surface area contributed by atoms with Crippen molar-refractivity contribution < 1.29 is 14.8 Å². The standard InChI is InChI=1S/C13H14Cl2N2O4/c14-8-5-10(11(17(20)21)6-9(8)15)16-13(7-12(18)19)3-1-2-4-13/h5-6,16H,1-4,7H2,(H,18,19).